The first-order valence-electron chi connectivity index (χ1n) is 7.79. The van der Waals surface area contributed by atoms with Gasteiger partial charge >= 0.3 is 0 Å². The molecule has 0 aliphatic heterocycles. The predicted octanol–water partition coefficient (Wildman–Crippen LogP) is 4.20. The summed E-state index contributed by atoms with van der Waals surface area (Å²) in [6, 6.07) is 6.26. The Balaban J connectivity index is 2.01. The van der Waals surface area contributed by atoms with Crippen molar-refractivity contribution in [2.24, 2.45) is 5.10 Å². The number of carbonyl (C=O) groups excluding carboxylic acids is 1. The average Bonchev–Trinajstić information content (AvgIpc) is 2.68. The van der Waals surface area contributed by atoms with Crippen LogP contribution in [0.2, 0.25) is 15.1 Å². The van der Waals surface area contributed by atoms with Gasteiger partial charge in [-0.05, 0) is 18.2 Å². The van der Waals surface area contributed by atoms with Crippen LogP contribution in [0.4, 0.5) is 0 Å². The molecule has 0 atom stereocenters. The van der Waals surface area contributed by atoms with Gasteiger partial charge in [0.05, 0.1) is 42.6 Å². The molecule has 0 aromatic heterocycles. The van der Waals surface area contributed by atoms with E-state index in [1.54, 1.807) is 12.1 Å². The summed E-state index contributed by atoms with van der Waals surface area (Å²) < 4.78 is 21.2. The third kappa shape index (κ3) is 5.34. The van der Waals surface area contributed by atoms with Crippen molar-refractivity contribution in [3.05, 3.63) is 44.9 Å². The summed E-state index contributed by atoms with van der Waals surface area (Å²) in [5.74, 6) is 1.07. The number of nitrogens with zero attached hydrogens (tertiary/aromatic N) is 1. The van der Waals surface area contributed by atoms with Crippen LogP contribution < -0.4 is 24.4 Å². The van der Waals surface area contributed by atoms with Crippen LogP contribution in [0.1, 0.15) is 5.56 Å². The largest absolute Gasteiger partial charge is 0.493 e. The minimum atomic E-state index is -0.502. The average molecular weight is 448 g/mol. The van der Waals surface area contributed by atoms with Crippen molar-refractivity contribution in [2.45, 2.75) is 0 Å². The highest BCUT2D eigenvalue weighted by Crippen LogP contribution is 2.39. The molecule has 28 heavy (non-hydrogen) atoms. The third-order valence-corrected chi connectivity index (χ3v) is 4.48. The number of halogens is 3. The fourth-order valence-corrected chi connectivity index (χ4v) is 2.78. The normalized spacial score (nSPS) is 10.6. The number of nitrogens with one attached hydrogen (secondary N) is 1. The highest BCUT2D eigenvalue weighted by molar-refractivity contribution is 6.43. The van der Waals surface area contributed by atoms with Crippen LogP contribution in [-0.2, 0) is 4.79 Å². The zero-order valence-electron chi connectivity index (χ0n) is 15.2. The Morgan fingerprint density at radius 3 is 2.29 bits per heavy atom. The van der Waals surface area contributed by atoms with E-state index in [4.69, 9.17) is 53.8 Å². The molecule has 0 aliphatic rings. The van der Waals surface area contributed by atoms with E-state index >= 15 is 0 Å². The second-order valence-electron chi connectivity index (χ2n) is 5.20. The topological polar surface area (TPSA) is 78.4 Å². The summed E-state index contributed by atoms with van der Waals surface area (Å²) in [7, 11) is 4.50. The van der Waals surface area contributed by atoms with Crippen LogP contribution in [0.3, 0.4) is 0 Å². The van der Waals surface area contributed by atoms with Crippen molar-refractivity contribution in [1.29, 1.82) is 0 Å². The molecule has 1 amide bonds. The number of carbonyl (C=O) groups is 1. The molecule has 2 aromatic rings. The number of hydrogen-bond donors (Lipinski definition) is 1. The van der Waals surface area contributed by atoms with Crippen LogP contribution in [0.5, 0.6) is 23.0 Å². The van der Waals surface area contributed by atoms with Gasteiger partial charge < -0.3 is 18.9 Å². The summed E-state index contributed by atoms with van der Waals surface area (Å²) >= 11 is 17.7. The van der Waals surface area contributed by atoms with E-state index in [0.29, 0.717) is 22.8 Å². The Kier molecular flexibility index (Phi) is 8.04. The minimum Gasteiger partial charge on any atom is -0.493 e. The van der Waals surface area contributed by atoms with Gasteiger partial charge in [-0.1, -0.05) is 34.8 Å². The number of hydrazone groups is 1. The van der Waals surface area contributed by atoms with Gasteiger partial charge in [0.1, 0.15) is 5.75 Å². The van der Waals surface area contributed by atoms with E-state index < -0.39 is 5.91 Å². The van der Waals surface area contributed by atoms with Gasteiger partial charge in [-0.3, -0.25) is 4.79 Å². The molecule has 150 valence electrons. The van der Waals surface area contributed by atoms with Crippen LogP contribution in [0.25, 0.3) is 0 Å². The van der Waals surface area contributed by atoms with Crippen molar-refractivity contribution >= 4 is 46.9 Å². The second kappa shape index (κ2) is 10.3. The number of rotatable bonds is 8. The number of hydrogen-bond acceptors (Lipinski definition) is 6. The zero-order chi connectivity index (χ0) is 20.7. The van der Waals surface area contributed by atoms with Crippen LogP contribution >= 0.6 is 34.8 Å². The second-order valence-corrected chi connectivity index (χ2v) is 6.42. The molecule has 0 aliphatic carbocycles. The summed E-state index contributed by atoms with van der Waals surface area (Å²) in [5, 5.41) is 4.68. The standard InChI is InChI=1S/C18H17Cl3N2O5/c1-25-14-5-4-10(17(26-2)18(14)27-3)8-22-23-16(24)9-28-15-7-12(20)11(19)6-13(15)21/h4-8H,9H2,1-3H3,(H,23,24)/b22-8+. The van der Waals surface area contributed by atoms with Gasteiger partial charge in [0, 0.05) is 11.6 Å². The van der Waals surface area contributed by atoms with Crippen LogP contribution in [-0.4, -0.2) is 40.1 Å². The lowest BCUT2D eigenvalue weighted by atomic mass is 10.2. The molecule has 0 unspecified atom stereocenters. The lowest BCUT2D eigenvalue weighted by Crippen LogP contribution is -2.24. The van der Waals surface area contributed by atoms with Crippen molar-refractivity contribution < 1.29 is 23.7 Å². The molecule has 2 aromatic carbocycles. The van der Waals surface area contributed by atoms with E-state index in [0.717, 1.165) is 0 Å². The predicted molar refractivity (Wildman–Crippen MR) is 109 cm³/mol. The molecule has 0 radical (unpaired) electrons. The maximum absolute atomic E-state index is 11.9. The van der Waals surface area contributed by atoms with Crippen LogP contribution in [0, 0.1) is 0 Å². The Morgan fingerprint density at radius 1 is 0.964 bits per heavy atom. The molecule has 10 heteroatoms. The van der Waals surface area contributed by atoms with Gasteiger partial charge in [0.15, 0.2) is 18.1 Å². The molecule has 0 bridgehead atoms. The van der Waals surface area contributed by atoms with Crippen molar-refractivity contribution in [2.75, 3.05) is 27.9 Å². The maximum atomic E-state index is 11.9. The fraction of sp³-hybridized carbons (Fsp3) is 0.222. The van der Waals surface area contributed by atoms with Crippen molar-refractivity contribution in [3.63, 3.8) is 0 Å². The molecule has 2 rings (SSSR count). The van der Waals surface area contributed by atoms with Crippen LogP contribution in [0.15, 0.2) is 29.4 Å². The number of methoxy groups -OCH3 is 3. The van der Waals surface area contributed by atoms with Gasteiger partial charge in [0.2, 0.25) is 5.75 Å². The molecule has 0 saturated carbocycles. The molecule has 1 N–H and O–H groups in total. The molecule has 0 fully saturated rings. The first-order chi connectivity index (χ1) is 13.4. The third-order valence-electron chi connectivity index (χ3n) is 3.46. The molecule has 0 saturated heterocycles. The highest BCUT2D eigenvalue weighted by atomic mass is 35.5. The van der Waals surface area contributed by atoms with Crippen molar-refractivity contribution in [3.8, 4) is 23.0 Å². The smallest absolute Gasteiger partial charge is 0.277 e. The molecule has 7 nitrogen and oxygen atoms in total. The molecular formula is C18H17Cl3N2O5. The summed E-state index contributed by atoms with van der Waals surface area (Å²) in [5.41, 5.74) is 2.92. The Labute approximate surface area is 177 Å². The van der Waals surface area contributed by atoms with Gasteiger partial charge in [-0.25, -0.2) is 5.43 Å². The lowest BCUT2D eigenvalue weighted by Gasteiger charge is -2.13. The Bertz CT molecular complexity index is 890. The van der Waals surface area contributed by atoms with E-state index in [2.05, 4.69) is 10.5 Å². The first kappa shape index (κ1) is 21.9. The Morgan fingerprint density at radius 2 is 1.64 bits per heavy atom. The number of amides is 1. The molecule has 0 spiro atoms. The summed E-state index contributed by atoms with van der Waals surface area (Å²) in [6.07, 6.45) is 1.41. The molecular weight excluding hydrogens is 431 g/mol. The van der Waals surface area contributed by atoms with Gasteiger partial charge in [0.25, 0.3) is 5.91 Å². The highest BCUT2D eigenvalue weighted by Gasteiger charge is 2.15. The lowest BCUT2D eigenvalue weighted by molar-refractivity contribution is -0.123. The first-order valence-corrected chi connectivity index (χ1v) is 8.92. The van der Waals surface area contributed by atoms with Crippen molar-refractivity contribution in [1.82, 2.24) is 5.43 Å². The number of ether oxygens (including phenoxy) is 4. The Hall–Kier alpha value is -2.35. The van der Waals surface area contributed by atoms with Gasteiger partial charge in [-0.15, -0.1) is 0 Å². The fourth-order valence-electron chi connectivity index (χ4n) is 2.19. The SMILES string of the molecule is COc1ccc(/C=N/NC(=O)COc2cc(Cl)c(Cl)cc2Cl)c(OC)c1OC. The summed E-state index contributed by atoms with van der Waals surface area (Å²) in [4.78, 5) is 11.9. The monoisotopic (exact) mass is 446 g/mol. The maximum Gasteiger partial charge on any atom is 0.277 e. The quantitative estimate of drug-likeness (QED) is 0.373. The summed E-state index contributed by atoms with van der Waals surface area (Å²) in [6.45, 7) is -0.321. The zero-order valence-corrected chi connectivity index (χ0v) is 17.5. The molecule has 0 heterocycles. The van der Waals surface area contributed by atoms with E-state index in [1.165, 1.54) is 39.7 Å². The number of benzene rings is 2. The minimum absolute atomic E-state index is 0.233. The van der Waals surface area contributed by atoms with E-state index in [9.17, 15) is 4.79 Å². The van der Waals surface area contributed by atoms with E-state index in [-0.39, 0.29) is 27.4 Å². The van der Waals surface area contributed by atoms with Gasteiger partial charge in [-0.2, -0.15) is 5.10 Å². The van der Waals surface area contributed by atoms with E-state index in [1.807, 2.05) is 0 Å².